The maximum atomic E-state index is 4.72. The van der Waals surface area contributed by atoms with Gasteiger partial charge in [0.15, 0.2) is 0 Å². The van der Waals surface area contributed by atoms with Crippen LogP contribution in [0.5, 0.6) is 0 Å². The zero-order valence-corrected chi connectivity index (χ0v) is 12.7. The quantitative estimate of drug-likeness (QED) is 0.337. The molecule has 1 radical (unpaired) electrons. The fourth-order valence-electron chi connectivity index (χ4n) is 0. The minimum atomic E-state index is 0. The molecule has 0 unspecified atom stereocenters. The zero-order chi connectivity index (χ0) is 3.41. The van der Waals surface area contributed by atoms with E-state index in [1.165, 1.54) is 0 Å². The van der Waals surface area contributed by atoms with Gasteiger partial charge in [0.25, 0.3) is 0 Å². The van der Waals surface area contributed by atoms with Crippen LogP contribution in [0, 0.1) is 13.6 Å². The molecule has 7 heavy (non-hydrogen) atoms. The van der Waals surface area contributed by atoms with E-state index in [2.05, 4.69) is 5.32 Å². The van der Waals surface area contributed by atoms with Gasteiger partial charge in [-0.05, 0) is 0 Å². The van der Waals surface area contributed by atoms with Crippen molar-refractivity contribution < 1.29 is 63.2 Å². The van der Waals surface area contributed by atoms with Gasteiger partial charge in [-0.2, -0.15) is 6.92 Å². The van der Waals surface area contributed by atoms with Crippen LogP contribution in [0.15, 0.2) is 0 Å². The van der Waals surface area contributed by atoms with Crippen molar-refractivity contribution in [3.63, 3.8) is 0 Å². The third-order valence-electron chi connectivity index (χ3n) is 0.167. The van der Waals surface area contributed by atoms with E-state index in [0.717, 1.165) is 0 Å². The van der Waals surface area contributed by atoms with Gasteiger partial charge in [0.2, 0.25) is 0 Å². The predicted octanol–water partition coefficient (Wildman–Crippen LogP) is 0.419. The molecule has 0 spiro atoms. The second-order valence-electron chi connectivity index (χ2n) is 0.455. The maximum Gasteiger partial charge on any atom is 0 e. The Bertz CT molecular complexity index is 12.1. The van der Waals surface area contributed by atoms with E-state index in [9.17, 15) is 0 Å². The number of hydrogen-bond donors (Lipinski definition) is 1. The molecule has 0 saturated carbocycles. The van der Waals surface area contributed by atoms with Crippen molar-refractivity contribution >= 4 is 0 Å². The summed E-state index contributed by atoms with van der Waals surface area (Å²) >= 11 is 0. The molecule has 0 rings (SSSR count). The SMILES string of the molecule is [CH-]N[CH-]C.[W].[W].[W]. The summed E-state index contributed by atoms with van der Waals surface area (Å²) in [5, 5.41) is 2.31. The van der Waals surface area contributed by atoms with Gasteiger partial charge in [-0.25, -0.2) is 0 Å². The van der Waals surface area contributed by atoms with Gasteiger partial charge in [-0.3, -0.25) is 0 Å². The van der Waals surface area contributed by atoms with E-state index in [1.807, 2.05) is 6.92 Å². The van der Waals surface area contributed by atoms with Gasteiger partial charge in [-0.1, -0.05) is 0 Å². The van der Waals surface area contributed by atoms with Gasteiger partial charge in [0, 0.05) is 63.2 Å². The summed E-state index contributed by atoms with van der Waals surface area (Å²) in [6.07, 6.45) is 0. The van der Waals surface area contributed by atoms with Crippen LogP contribution in [0.4, 0.5) is 0 Å². The Morgan fingerprint density at radius 2 is 1.43 bits per heavy atom. The monoisotopic (exact) mass is 608 g/mol. The molecule has 0 aromatic heterocycles. The second kappa shape index (κ2) is 24.4. The average molecular weight is 608 g/mol. The van der Waals surface area contributed by atoms with Gasteiger partial charge < -0.3 is 18.9 Å². The van der Waals surface area contributed by atoms with Gasteiger partial charge in [-0.15, -0.1) is 0 Å². The van der Waals surface area contributed by atoms with Crippen molar-refractivity contribution in [1.82, 2.24) is 5.32 Å². The van der Waals surface area contributed by atoms with Crippen molar-refractivity contribution in [2.45, 2.75) is 6.92 Å². The Morgan fingerprint density at radius 1 is 1.29 bits per heavy atom. The van der Waals surface area contributed by atoms with Gasteiger partial charge in [0.05, 0.1) is 0 Å². The largest absolute Gasteiger partial charge is 0.647 e. The van der Waals surface area contributed by atoms with Crippen LogP contribution >= 0.6 is 0 Å². The molecular formula is C3H6NW3-2. The van der Waals surface area contributed by atoms with E-state index in [4.69, 9.17) is 7.05 Å². The van der Waals surface area contributed by atoms with Crippen LogP contribution in [0.2, 0.25) is 0 Å². The summed E-state index contributed by atoms with van der Waals surface area (Å²) in [5.74, 6) is 0. The molecule has 1 N–H and O–H groups in total. The normalized spacial score (nSPS) is 4.29. The molecule has 43 valence electrons. The average Bonchev–Trinajstić information content (AvgIpc) is 1.37. The van der Waals surface area contributed by atoms with Crippen LogP contribution in [0.25, 0.3) is 0 Å². The van der Waals surface area contributed by atoms with E-state index in [0.29, 0.717) is 0 Å². The molecule has 0 aliphatic heterocycles. The van der Waals surface area contributed by atoms with E-state index < -0.39 is 0 Å². The molecule has 0 fully saturated rings. The van der Waals surface area contributed by atoms with Crippen LogP contribution in [0.3, 0.4) is 0 Å². The summed E-state index contributed by atoms with van der Waals surface area (Å²) in [6, 6.07) is 0. The summed E-state index contributed by atoms with van der Waals surface area (Å²) in [4.78, 5) is 0. The Hall–Kier alpha value is 2.02. The van der Waals surface area contributed by atoms with Crippen molar-refractivity contribution in [2.75, 3.05) is 0 Å². The molecular weight excluding hydrogens is 602 g/mol. The summed E-state index contributed by atoms with van der Waals surface area (Å²) in [6.45, 7) is 3.47. The minimum Gasteiger partial charge on any atom is -0.647 e. The third-order valence-corrected chi connectivity index (χ3v) is 0.167. The Kier molecular flexibility index (Phi) is 80.4. The molecule has 0 aromatic rings. The van der Waals surface area contributed by atoms with E-state index in [1.54, 1.807) is 6.54 Å². The predicted molar refractivity (Wildman–Crippen MR) is 17.4 cm³/mol. The fourth-order valence-corrected chi connectivity index (χ4v) is 0. The van der Waals surface area contributed by atoms with Crippen molar-refractivity contribution in [1.29, 1.82) is 0 Å². The first-order valence-corrected chi connectivity index (χ1v) is 1.15. The summed E-state index contributed by atoms with van der Waals surface area (Å²) in [7, 11) is 4.72. The summed E-state index contributed by atoms with van der Waals surface area (Å²) in [5.41, 5.74) is 0. The van der Waals surface area contributed by atoms with Crippen LogP contribution in [-0.2, 0) is 63.2 Å². The maximum absolute atomic E-state index is 4.72. The van der Waals surface area contributed by atoms with Crippen molar-refractivity contribution in [3.05, 3.63) is 13.6 Å². The zero-order valence-electron chi connectivity index (χ0n) is 3.88. The Morgan fingerprint density at radius 3 is 1.43 bits per heavy atom. The van der Waals surface area contributed by atoms with E-state index in [-0.39, 0.29) is 63.2 Å². The van der Waals surface area contributed by atoms with Crippen molar-refractivity contribution in [3.8, 4) is 0 Å². The smallest absolute Gasteiger partial charge is 0 e. The Balaban J connectivity index is -0.0000000150. The molecule has 0 amide bonds. The molecule has 0 saturated heterocycles. The number of rotatable bonds is 1. The van der Waals surface area contributed by atoms with Crippen molar-refractivity contribution in [2.24, 2.45) is 0 Å². The fraction of sp³-hybridized carbons (Fsp3) is 0.333. The van der Waals surface area contributed by atoms with Gasteiger partial charge >= 0.3 is 0 Å². The number of hydrogen-bond acceptors (Lipinski definition) is 1. The summed E-state index contributed by atoms with van der Waals surface area (Å²) < 4.78 is 0. The third kappa shape index (κ3) is 31.8. The standard InChI is InChI=1S/C3H6N.3W/c1-3-4-2;;;/h2-4H,1H3;;;/q-2;;;. The molecule has 0 aliphatic rings. The van der Waals surface area contributed by atoms with Gasteiger partial charge in [0.1, 0.15) is 0 Å². The van der Waals surface area contributed by atoms with Crippen LogP contribution in [0.1, 0.15) is 6.92 Å². The first-order valence-electron chi connectivity index (χ1n) is 1.15. The Labute approximate surface area is 88.2 Å². The molecule has 0 aliphatic carbocycles. The first-order chi connectivity index (χ1) is 1.91. The first kappa shape index (κ1) is 23.0. The molecule has 0 atom stereocenters. The molecule has 0 aromatic carbocycles. The molecule has 0 heterocycles. The van der Waals surface area contributed by atoms with Crippen LogP contribution < -0.4 is 5.32 Å². The number of nitrogens with one attached hydrogen (secondary N) is 1. The molecule has 0 bridgehead atoms. The van der Waals surface area contributed by atoms with Crippen LogP contribution in [-0.4, -0.2) is 0 Å². The molecule has 1 nitrogen and oxygen atoms in total. The minimum absolute atomic E-state index is 0. The second-order valence-corrected chi connectivity index (χ2v) is 0.455. The topological polar surface area (TPSA) is 12.0 Å². The van der Waals surface area contributed by atoms with E-state index >= 15 is 0 Å². The molecule has 4 heteroatoms.